The van der Waals surface area contributed by atoms with E-state index < -0.39 is 5.97 Å². The van der Waals surface area contributed by atoms with Gasteiger partial charge in [0.05, 0.1) is 5.92 Å². The van der Waals surface area contributed by atoms with Crippen molar-refractivity contribution in [3.63, 3.8) is 0 Å². The molecule has 3 rings (SSSR count). The summed E-state index contributed by atoms with van der Waals surface area (Å²) in [6, 6.07) is 0. The van der Waals surface area contributed by atoms with Crippen LogP contribution in [0.3, 0.4) is 0 Å². The van der Waals surface area contributed by atoms with Crippen LogP contribution < -0.4 is 0 Å². The van der Waals surface area contributed by atoms with Crippen molar-refractivity contribution < 1.29 is 9.90 Å². The van der Waals surface area contributed by atoms with Crippen molar-refractivity contribution in [2.45, 2.75) is 19.3 Å². The number of fused-ring (bicyclic) bond motifs is 4. The molecule has 1 N–H and O–H groups in total. The van der Waals surface area contributed by atoms with E-state index in [0.717, 1.165) is 30.6 Å². The second-order valence-corrected chi connectivity index (χ2v) is 4.74. The number of allylic oxidation sites excluding steroid dienone is 2. The Morgan fingerprint density at radius 1 is 1.23 bits per heavy atom. The molecule has 3 aliphatic carbocycles. The highest BCUT2D eigenvalue weighted by Gasteiger charge is 2.55. The molecule has 0 saturated heterocycles. The molecule has 70 valence electrons. The van der Waals surface area contributed by atoms with Crippen molar-refractivity contribution in [1.29, 1.82) is 0 Å². The molecule has 2 fully saturated rings. The summed E-state index contributed by atoms with van der Waals surface area (Å²) in [4.78, 5) is 10.8. The molecule has 0 aromatic heterocycles. The van der Waals surface area contributed by atoms with Gasteiger partial charge in [0, 0.05) is 0 Å². The molecule has 2 saturated carbocycles. The zero-order valence-electron chi connectivity index (χ0n) is 7.52. The lowest BCUT2D eigenvalue weighted by Gasteiger charge is -2.44. The molecule has 5 atom stereocenters. The van der Waals surface area contributed by atoms with E-state index in [1.165, 1.54) is 6.42 Å². The van der Waals surface area contributed by atoms with Gasteiger partial charge in [-0.05, 0) is 42.9 Å². The number of hydrogen-bond donors (Lipinski definition) is 1. The number of carboxylic acids is 1. The van der Waals surface area contributed by atoms with Crippen LogP contribution in [0.25, 0.3) is 0 Å². The first-order valence-electron chi connectivity index (χ1n) is 5.17. The summed E-state index contributed by atoms with van der Waals surface area (Å²) in [5, 5.41) is 8.92. The Morgan fingerprint density at radius 3 is 2.77 bits per heavy atom. The van der Waals surface area contributed by atoms with Crippen molar-refractivity contribution in [3.05, 3.63) is 12.2 Å². The van der Waals surface area contributed by atoms with Crippen molar-refractivity contribution in [2.75, 3.05) is 0 Å². The molecular formula is C11H14O2. The second-order valence-electron chi connectivity index (χ2n) is 4.74. The number of hydrogen-bond acceptors (Lipinski definition) is 1. The Kier molecular flexibility index (Phi) is 1.38. The van der Waals surface area contributed by atoms with Gasteiger partial charge in [-0.2, -0.15) is 0 Å². The molecule has 13 heavy (non-hydrogen) atoms. The van der Waals surface area contributed by atoms with E-state index in [4.69, 9.17) is 5.11 Å². The molecule has 2 nitrogen and oxygen atoms in total. The van der Waals surface area contributed by atoms with Gasteiger partial charge in [0.25, 0.3) is 0 Å². The minimum absolute atomic E-state index is 0.0333. The quantitative estimate of drug-likeness (QED) is 0.623. The summed E-state index contributed by atoms with van der Waals surface area (Å²) in [6.45, 7) is 0. The van der Waals surface area contributed by atoms with Gasteiger partial charge in [0.2, 0.25) is 0 Å². The Balaban J connectivity index is 1.76. The largest absolute Gasteiger partial charge is 0.481 e. The van der Waals surface area contributed by atoms with Crippen LogP contribution in [0.2, 0.25) is 0 Å². The van der Waals surface area contributed by atoms with Crippen molar-refractivity contribution in [2.24, 2.45) is 29.6 Å². The fourth-order valence-corrected chi connectivity index (χ4v) is 3.71. The molecular weight excluding hydrogens is 164 g/mol. The Bertz CT molecular complexity index is 282. The third-order valence-electron chi connectivity index (χ3n) is 4.32. The average Bonchev–Trinajstić information content (AvgIpc) is 2.59. The fourth-order valence-electron chi connectivity index (χ4n) is 3.71. The third-order valence-corrected chi connectivity index (χ3v) is 4.32. The van der Waals surface area contributed by atoms with E-state index in [1.807, 2.05) is 0 Å². The number of aliphatic carboxylic acids is 1. The highest BCUT2D eigenvalue weighted by molar-refractivity contribution is 5.70. The number of rotatable bonds is 1. The van der Waals surface area contributed by atoms with Crippen molar-refractivity contribution in [3.8, 4) is 0 Å². The summed E-state index contributed by atoms with van der Waals surface area (Å²) in [7, 11) is 0. The monoisotopic (exact) mass is 178 g/mol. The molecule has 0 heterocycles. The molecule has 3 aliphatic rings. The Hall–Kier alpha value is -0.790. The van der Waals surface area contributed by atoms with E-state index >= 15 is 0 Å². The predicted octanol–water partition coefficient (Wildman–Crippen LogP) is 1.92. The van der Waals surface area contributed by atoms with Gasteiger partial charge in [-0.3, -0.25) is 4.79 Å². The molecule has 0 aromatic rings. The predicted molar refractivity (Wildman–Crippen MR) is 48.1 cm³/mol. The molecule has 0 bridgehead atoms. The first kappa shape index (κ1) is 7.60. The summed E-state index contributed by atoms with van der Waals surface area (Å²) >= 11 is 0. The summed E-state index contributed by atoms with van der Waals surface area (Å²) in [6.07, 6.45) is 7.69. The minimum atomic E-state index is -0.573. The van der Waals surface area contributed by atoms with Crippen LogP contribution in [0, 0.1) is 29.6 Å². The topological polar surface area (TPSA) is 37.3 Å². The summed E-state index contributed by atoms with van der Waals surface area (Å²) in [5.41, 5.74) is 0. The van der Waals surface area contributed by atoms with Crippen molar-refractivity contribution in [1.82, 2.24) is 0 Å². The average molecular weight is 178 g/mol. The summed E-state index contributed by atoms with van der Waals surface area (Å²) in [5.74, 6) is 2.40. The van der Waals surface area contributed by atoms with Gasteiger partial charge in [-0.25, -0.2) is 0 Å². The summed E-state index contributed by atoms with van der Waals surface area (Å²) < 4.78 is 0. The second kappa shape index (κ2) is 2.37. The van der Waals surface area contributed by atoms with Crippen LogP contribution in [0.4, 0.5) is 0 Å². The Morgan fingerprint density at radius 2 is 2.00 bits per heavy atom. The molecule has 0 aliphatic heterocycles. The van der Waals surface area contributed by atoms with Crippen LogP contribution >= 0.6 is 0 Å². The van der Waals surface area contributed by atoms with Crippen LogP contribution in [-0.4, -0.2) is 11.1 Å². The van der Waals surface area contributed by atoms with Gasteiger partial charge in [0.15, 0.2) is 0 Å². The molecule has 0 amide bonds. The third kappa shape index (κ3) is 0.862. The first-order valence-corrected chi connectivity index (χ1v) is 5.17. The lowest BCUT2D eigenvalue weighted by Crippen LogP contribution is -2.39. The maximum Gasteiger partial charge on any atom is 0.306 e. The van der Waals surface area contributed by atoms with E-state index in [-0.39, 0.29) is 5.92 Å². The smallest absolute Gasteiger partial charge is 0.306 e. The lowest BCUT2D eigenvalue weighted by atomic mass is 9.60. The molecule has 0 aromatic carbocycles. The zero-order valence-corrected chi connectivity index (χ0v) is 7.52. The minimum Gasteiger partial charge on any atom is -0.481 e. The lowest BCUT2D eigenvalue weighted by molar-refractivity contribution is -0.141. The van der Waals surface area contributed by atoms with Crippen LogP contribution in [0.5, 0.6) is 0 Å². The maximum absolute atomic E-state index is 10.8. The fraction of sp³-hybridized carbons (Fsp3) is 0.727. The van der Waals surface area contributed by atoms with Gasteiger partial charge >= 0.3 is 5.97 Å². The molecule has 2 heteroatoms. The zero-order chi connectivity index (χ0) is 9.00. The highest BCUT2D eigenvalue weighted by atomic mass is 16.4. The van der Waals surface area contributed by atoms with E-state index in [1.54, 1.807) is 0 Å². The van der Waals surface area contributed by atoms with Crippen molar-refractivity contribution >= 4 is 5.97 Å². The SMILES string of the molecule is O=C(O)C1C[C@@H]2[C@H]3CC=C[C@H]3[C@@H]2C1. The van der Waals surface area contributed by atoms with E-state index in [0.29, 0.717) is 5.92 Å². The molecule has 0 radical (unpaired) electrons. The molecule has 0 spiro atoms. The van der Waals surface area contributed by atoms with E-state index in [2.05, 4.69) is 12.2 Å². The van der Waals surface area contributed by atoms with E-state index in [9.17, 15) is 4.79 Å². The highest BCUT2D eigenvalue weighted by Crippen LogP contribution is 2.60. The Labute approximate surface area is 77.6 Å². The van der Waals surface area contributed by atoms with Crippen LogP contribution in [-0.2, 0) is 4.79 Å². The number of carboxylic acid groups (broad SMARTS) is 1. The number of carbonyl (C=O) groups is 1. The van der Waals surface area contributed by atoms with Gasteiger partial charge in [-0.1, -0.05) is 12.2 Å². The molecule has 1 unspecified atom stereocenters. The van der Waals surface area contributed by atoms with Crippen LogP contribution in [0.15, 0.2) is 12.2 Å². The maximum atomic E-state index is 10.8. The van der Waals surface area contributed by atoms with Crippen LogP contribution in [0.1, 0.15) is 19.3 Å². The normalized spacial score (nSPS) is 51.2. The van der Waals surface area contributed by atoms with Gasteiger partial charge in [0.1, 0.15) is 0 Å². The van der Waals surface area contributed by atoms with Gasteiger partial charge in [-0.15, -0.1) is 0 Å². The first-order chi connectivity index (χ1) is 6.27. The standard InChI is InChI=1S/C11H14O2/c12-11(13)6-4-9-7-2-1-3-8(7)10(9)5-6/h1-2,6-10H,3-5H2,(H,12,13)/t6?,7-,8+,9+,10-/m1/s1. The van der Waals surface area contributed by atoms with Gasteiger partial charge < -0.3 is 5.11 Å².